The quantitative estimate of drug-likeness (QED) is 0.611. The molecule has 2 aromatic carbocycles. The lowest BCUT2D eigenvalue weighted by Crippen LogP contribution is -2.30. The number of hydrogen-bond donors (Lipinski definition) is 1. The summed E-state index contributed by atoms with van der Waals surface area (Å²) in [6.45, 7) is -0.0253. The van der Waals surface area contributed by atoms with Gasteiger partial charge >= 0.3 is 6.36 Å². The predicted molar refractivity (Wildman–Crippen MR) is 102 cm³/mol. The van der Waals surface area contributed by atoms with Crippen LogP contribution in [0.5, 0.6) is 5.75 Å². The van der Waals surface area contributed by atoms with Gasteiger partial charge in [0.15, 0.2) is 0 Å². The van der Waals surface area contributed by atoms with E-state index in [1.165, 1.54) is 12.1 Å². The minimum atomic E-state index is -4.76. The maximum Gasteiger partial charge on any atom is 0.573 e. The predicted octanol–water partition coefficient (Wildman–Crippen LogP) is 4.86. The number of fused-ring (bicyclic) bond motifs is 1. The Morgan fingerprint density at radius 1 is 1.18 bits per heavy atom. The topological polar surface area (TPSA) is 54.5 Å². The second-order valence-corrected chi connectivity index (χ2v) is 6.33. The third-order valence-corrected chi connectivity index (χ3v) is 4.11. The van der Waals surface area contributed by atoms with Crippen LogP contribution in [0.2, 0.25) is 5.15 Å². The fourth-order valence-corrected chi connectivity index (χ4v) is 2.83. The zero-order valence-corrected chi connectivity index (χ0v) is 15.4. The van der Waals surface area contributed by atoms with Crippen molar-refractivity contribution in [1.82, 2.24) is 4.98 Å². The number of carbonyl (C=O) groups is 1. The summed E-state index contributed by atoms with van der Waals surface area (Å²) in [4.78, 5) is 18.1. The minimum absolute atomic E-state index is 0.0253. The summed E-state index contributed by atoms with van der Waals surface area (Å²) in [5, 5.41) is 4.65. The molecule has 3 rings (SSSR count). The van der Waals surface area contributed by atoms with Crippen LogP contribution in [-0.2, 0) is 4.79 Å². The number of nitrogens with zero attached hydrogens (tertiary/aromatic N) is 2. The molecule has 1 heterocycles. The molecule has 0 bridgehead atoms. The fourth-order valence-electron chi connectivity index (χ4n) is 2.58. The van der Waals surface area contributed by atoms with Gasteiger partial charge < -0.3 is 15.0 Å². The first-order valence-corrected chi connectivity index (χ1v) is 8.51. The highest BCUT2D eigenvalue weighted by Crippen LogP contribution is 2.26. The molecule has 146 valence electrons. The number of likely N-dealkylation sites (N-methyl/N-ethyl adjacent to an activating group) is 1. The van der Waals surface area contributed by atoms with Crippen molar-refractivity contribution in [3.63, 3.8) is 0 Å². The number of amides is 1. The van der Waals surface area contributed by atoms with Gasteiger partial charge in [-0.25, -0.2) is 4.98 Å². The van der Waals surface area contributed by atoms with Crippen molar-refractivity contribution in [1.29, 1.82) is 0 Å². The summed E-state index contributed by atoms with van der Waals surface area (Å²) in [7, 11) is 1.69. The lowest BCUT2D eigenvalue weighted by Gasteiger charge is -2.19. The van der Waals surface area contributed by atoms with Crippen LogP contribution in [0.4, 0.5) is 24.7 Å². The van der Waals surface area contributed by atoms with Crippen molar-refractivity contribution in [3.05, 3.63) is 59.8 Å². The zero-order valence-electron chi connectivity index (χ0n) is 14.6. The Balaban J connectivity index is 1.64. The third kappa shape index (κ3) is 5.04. The summed E-state index contributed by atoms with van der Waals surface area (Å²) in [5.74, 6) is -0.205. The van der Waals surface area contributed by atoms with Gasteiger partial charge in [-0.15, -0.1) is 13.2 Å². The average molecular weight is 410 g/mol. The van der Waals surface area contributed by atoms with Crippen molar-refractivity contribution in [2.24, 2.45) is 0 Å². The summed E-state index contributed by atoms with van der Waals surface area (Å²) in [6, 6.07) is 14.2. The van der Waals surface area contributed by atoms with Gasteiger partial charge in [0.05, 0.1) is 6.54 Å². The van der Waals surface area contributed by atoms with E-state index in [2.05, 4.69) is 15.0 Å². The highest BCUT2D eigenvalue weighted by atomic mass is 35.5. The van der Waals surface area contributed by atoms with Crippen LogP contribution < -0.4 is 15.0 Å². The van der Waals surface area contributed by atoms with E-state index >= 15 is 0 Å². The number of aromatic nitrogens is 1. The molecule has 0 saturated heterocycles. The number of anilines is 2. The van der Waals surface area contributed by atoms with Crippen LogP contribution in [0, 0.1) is 0 Å². The molecule has 1 amide bonds. The van der Waals surface area contributed by atoms with E-state index < -0.39 is 6.36 Å². The molecule has 0 aliphatic carbocycles. The highest BCUT2D eigenvalue weighted by Gasteiger charge is 2.30. The molecule has 5 nitrogen and oxygen atoms in total. The lowest BCUT2D eigenvalue weighted by atomic mass is 10.2. The first kappa shape index (κ1) is 19.8. The molecule has 0 spiro atoms. The molecule has 0 unspecified atom stereocenters. The Morgan fingerprint density at radius 3 is 2.54 bits per heavy atom. The van der Waals surface area contributed by atoms with E-state index in [0.29, 0.717) is 16.7 Å². The van der Waals surface area contributed by atoms with Crippen LogP contribution >= 0.6 is 11.6 Å². The van der Waals surface area contributed by atoms with Crippen LogP contribution in [-0.4, -0.2) is 30.8 Å². The number of benzene rings is 2. The van der Waals surface area contributed by atoms with Gasteiger partial charge in [0.2, 0.25) is 5.91 Å². The molecule has 0 aliphatic rings. The number of carbonyl (C=O) groups excluding carboxylic acids is 1. The number of alkyl halides is 3. The van der Waals surface area contributed by atoms with Crippen molar-refractivity contribution in [2.45, 2.75) is 6.36 Å². The van der Waals surface area contributed by atoms with Crippen molar-refractivity contribution >= 4 is 39.8 Å². The summed E-state index contributed by atoms with van der Waals surface area (Å²) in [6.07, 6.45) is -4.76. The Kier molecular flexibility index (Phi) is 5.60. The maximum atomic E-state index is 12.2. The molecule has 0 radical (unpaired) electrons. The third-order valence-electron chi connectivity index (χ3n) is 3.82. The Hall–Kier alpha value is -3.00. The zero-order chi connectivity index (χ0) is 20.3. The molecule has 0 fully saturated rings. The van der Waals surface area contributed by atoms with E-state index in [1.54, 1.807) is 11.9 Å². The first-order valence-electron chi connectivity index (χ1n) is 8.13. The van der Waals surface area contributed by atoms with E-state index in [0.717, 1.165) is 22.9 Å². The number of hydrogen-bond acceptors (Lipinski definition) is 4. The van der Waals surface area contributed by atoms with Crippen molar-refractivity contribution < 1.29 is 22.7 Å². The Morgan fingerprint density at radius 2 is 1.86 bits per heavy atom. The summed E-state index contributed by atoms with van der Waals surface area (Å²) < 4.78 is 40.3. The lowest BCUT2D eigenvalue weighted by molar-refractivity contribution is -0.274. The van der Waals surface area contributed by atoms with Gasteiger partial charge in [-0.05, 0) is 35.7 Å². The molecule has 9 heteroatoms. The molecule has 0 aliphatic heterocycles. The first-order chi connectivity index (χ1) is 13.2. The molecule has 1 N–H and O–H groups in total. The smallest absolute Gasteiger partial charge is 0.406 e. The number of nitrogens with one attached hydrogen (secondary N) is 1. The minimum Gasteiger partial charge on any atom is -0.406 e. The fraction of sp³-hybridized carbons (Fsp3) is 0.158. The Bertz CT molecular complexity index is 994. The summed E-state index contributed by atoms with van der Waals surface area (Å²) in [5.41, 5.74) is 0.345. The Labute approximate surface area is 163 Å². The number of pyridine rings is 1. The standard InChI is InChI=1S/C19H15ClF3N3O2/c1-26(16-10-12-4-2-3-5-15(12)18(20)25-16)11-17(27)24-13-6-8-14(9-7-13)28-19(21,22)23/h2-10H,11H2,1H3,(H,24,27). The molecular weight excluding hydrogens is 395 g/mol. The van der Waals surface area contributed by atoms with E-state index in [4.69, 9.17) is 11.6 Å². The van der Waals surface area contributed by atoms with Crippen LogP contribution in [0.1, 0.15) is 0 Å². The number of rotatable bonds is 5. The molecule has 3 aromatic rings. The molecular formula is C19H15ClF3N3O2. The number of halogens is 4. The highest BCUT2D eigenvalue weighted by molar-refractivity contribution is 6.34. The van der Waals surface area contributed by atoms with Gasteiger partial charge in [0, 0.05) is 18.1 Å². The van der Waals surface area contributed by atoms with Gasteiger partial charge in [-0.2, -0.15) is 0 Å². The van der Waals surface area contributed by atoms with Crippen LogP contribution in [0.25, 0.3) is 10.8 Å². The van der Waals surface area contributed by atoms with Crippen LogP contribution in [0.15, 0.2) is 54.6 Å². The molecule has 1 aromatic heterocycles. The second kappa shape index (κ2) is 7.93. The van der Waals surface area contributed by atoms with Crippen molar-refractivity contribution in [3.8, 4) is 5.75 Å². The number of ether oxygens (including phenoxy) is 1. The molecule has 0 saturated carbocycles. The SMILES string of the molecule is CN(CC(=O)Nc1ccc(OC(F)(F)F)cc1)c1cc2ccccc2c(Cl)n1. The van der Waals surface area contributed by atoms with E-state index in [-0.39, 0.29) is 18.2 Å². The molecule has 28 heavy (non-hydrogen) atoms. The average Bonchev–Trinajstić information content (AvgIpc) is 2.62. The maximum absolute atomic E-state index is 12.2. The van der Waals surface area contributed by atoms with Gasteiger partial charge in [-0.3, -0.25) is 4.79 Å². The van der Waals surface area contributed by atoms with E-state index in [9.17, 15) is 18.0 Å². The van der Waals surface area contributed by atoms with E-state index in [1.807, 2.05) is 30.3 Å². The normalized spacial score (nSPS) is 11.3. The largest absolute Gasteiger partial charge is 0.573 e. The van der Waals surface area contributed by atoms with Gasteiger partial charge in [-0.1, -0.05) is 35.9 Å². The van der Waals surface area contributed by atoms with Gasteiger partial charge in [0.1, 0.15) is 16.7 Å². The second-order valence-electron chi connectivity index (χ2n) is 5.97. The molecule has 0 atom stereocenters. The summed E-state index contributed by atoms with van der Waals surface area (Å²) >= 11 is 6.20. The van der Waals surface area contributed by atoms with Gasteiger partial charge in [0.25, 0.3) is 0 Å². The van der Waals surface area contributed by atoms with Crippen LogP contribution in [0.3, 0.4) is 0 Å². The monoisotopic (exact) mass is 409 g/mol. The van der Waals surface area contributed by atoms with Crippen molar-refractivity contribution in [2.75, 3.05) is 23.8 Å².